The van der Waals surface area contributed by atoms with E-state index in [0.29, 0.717) is 0 Å². The van der Waals surface area contributed by atoms with Crippen LogP contribution < -0.4 is 4.74 Å². The summed E-state index contributed by atoms with van der Waals surface area (Å²) in [6, 6.07) is 3.70. The molecule has 0 aromatic carbocycles. The highest BCUT2D eigenvalue weighted by Crippen LogP contribution is 2.15. The first-order valence-electron chi connectivity index (χ1n) is 3.67. The van der Waals surface area contributed by atoms with Crippen LogP contribution in [0.25, 0.3) is 0 Å². The second-order valence-electron chi connectivity index (χ2n) is 3.40. The first-order chi connectivity index (χ1) is 5.08. The fourth-order valence-corrected chi connectivity index (χ4v) is 0.760. The third kappa shape index (κ3) is 3.03. The Morgan fingerprint density at radius 1 is 1.18 bits per heavy atom. The minimum atomic E-state index is -0.124. The molecule has 1 aromatic heterocycles. The average molecular weight is 151 g/mol. The summed E-state index contributed by atoms with van der Waals surface area (Å²) >= 11 is 0. The quantitative estimate of drug-likeness (QED) is 0.614. The number of rotatable bonds is 1. The lowest BCUT2D eigenvalue weighted by atomic mass is 10.2. The number of nitrogens with zero attached hydrogens (tertiary/aromatic N) is 1. The summed E-state index contributed by atoms with van der Waals surface area (Å²) in [6.07, 6.45) is 3.45. The summed E-state index contributed by atoms with van der Waals surface area (Å²) in [5.74, 6) is 0.868. The van der Waals surface area contributed by atoms with Crippen molar-refractivity contribution < 1.29 is 4.74 Å². The van der Waals surface area contributed by atoms with Gasteiger partial charge >= 0.3 is 0 Å². The van der Waals surface area contributed by atoms with Gasteiger partial charge in [-0.05, 0) is 32.9 Å². The van der Waals surface area contributed by atoms with E-state index in [2.05, 4.69) is 4.98 Å². The number of aromatic nitrogens is 1. The minimum Gasteiger partial charge on any atom is -0.488 e. The molecule has 0 spiro atoms. The van der Waals surface area contributed by atoms with E-state index in [1.165, 1.54) is 0 Å². The van der Waals surface area contributed by atoms with Crippen molar-refractivity contribution in [1.29, 1.82) is 0 Å². The van der Waals surface area contributed by atoms with Crippen LogP contribution in [0.5, 0.6) is 5.75 Å². The molecule has 0 amide bonds. The summed E-state index contributed by atoms with van der Waals surface area (Å²) in [5, 5.41) is 0. The Morgan fingerprint density at radius 2 is 1.73 bits per heavy atom. The van der Waals surface area contributed by atoms with Crippen LogP contribution in [0.2, 0.25) is 0 Å². The van der Waals surface area contributed by atoms with Crippen molar-refractivity contribution in [2.24, 2.45) is 0 Å². The zero-order valence-corrected chi connectivity index (χ0v) is 7.16. The number of hydrogen-bond acceptors (Lipinski definition) is 2. The first kappa shape index (κ1) is 8.05. The molecule has 1 rings (SSSR count). The molecule has 0 unspecified atom stereocenters. The van der Waals surface area contributed by atoms with Gasteiger partial charge in [-0.1, -0.05) is 0 Å². The van der Waals surface area contributed by atoms with Crippen LogP contribution in [0, 0.1) is 0 Å². The summed E-state index contributed by atoms with van der Waals surface area (Å²) < 4.78 is 5.56. The molecule has 0 radical (unpaired) electrons. The number of hydrogen-bond donors (Lipinski definition) is 0. The van der Waals surface area contributed by atoms with E-state index in [1.807, 2.05) is 32.9 Å². The molecule has 11 heavy (non-hydrogen) atoms. The van der Waals surface area contributed by atoms with Crippen molar-refractivity contribution in [3.8, 4) is 5.75 Å². The van der Waals surface area contributed by atoms with Crippen LogP contribution in [0.3, 0.4) is 0 Å². The Hall–Kier alpha value is -1.05. The predicted molar refractivity (Wildman–Crippen MR) is 44.6 cm³/mol. The van der Waals surface area contributed by atoms with E-state index in [4.69, 9.17) is 4.74 Å². The van der Waals surface area contributed by atoms with Crippen LogP contribution in [0.4, 0.5) is 0 Å². The SMILES string of the molecule is CC(C)(C)Oc1ccncc1. The molecule has 0 fully saturated rings. The molecule has 0 aliphatic heterocycles. The Labute approximate surface area is 67.2 Å². The highest BCUT2D eigenvalue weighted by Gasteiger charge is 2.10. The minimum absolute atomic E-state index is 0.124. The van der Waals surface area contributed by atoms with Crippen LogP contribution >= 0.6 is 0 Å². The second-order valence-corrected chi connectivity index (χ2v) is 3.40. The fraction of sp³-hybridized carbons (Fsp3) is 0.444. The van der Waals surface area contributed by atoms with Crippen molar-refractivity contribution in [3.63, 3.8) is 0 Å². The molecule has 0 saturated heterocycles. The van der Waals surface area contributed by atoms with Crippen molar-refractivity contribution in [2.75, 3.05) is 0 Å². The van der Waals surface area contributed by atoms with Crippen molar-refractivity contribution in [1.82, 2.24) is 4.98 Å². The molecule has 0 saturated carbocycles. The normalized spacial score (nSPS) is 11.2. The molecule has 60 valence electrons. The van der Waals surface area contributed by atoms with Crippen LogP contribution in [0.1, 0.15) is 20.8 Å². The van der Waals surface area contributed by atoms with Crippen molar-refractivity contribution in [2.45, 2.75) is 26.4 Å². The van der Waals surface area contributed by atoms with E-state index < -0.39 is 0 Å². The van der Waals surface area contributed by atoms with Gasteiger partial charge in [0.1, 0.15) is 11.4 Å². The largest absolute Gasteiger partial charge is 0.488 e. The third-order valence-electron chi connectivity index (χ3n) is 1.07. The van der Waals surface area contributed by atoms with Crippen LogP contribution in [-0.2, 0) is 0 Å². The molecule has 1 aromatic rings. The molecule has 0 aliphatic rings. The van der Waals surface area contributed by atoms with Gasteiger partial charge in [0.15, 0.2) is 0 Å². The van der Waals surface area contributed by atoms with Crippen LogP contribution in [0.15, 0.2) is 24.5 Å². The molecular formula is C9H13NO. The van der Waals surface area contributed by atoms with E-state index in [-0.39, 0.29) is 5.60 Å². The fourth-order valence-electron chi connectivity index (χ4n) is 0.760. The highest BCUT2D eigenvalue weighted by molar-refractivity contribution is 5.17. The van der Waals surface area contributed by atoms with E-state index >= 15 is 0 Å². The molecule has 0 aliphatic carbocycles. The lowest BCUT2D eigenvalue weighted by Crippen LogP contribution is -2.22. The van der Waals surface area contributed by atoms with Gasteiger partial charge in [0.05, 0.1) is 0 Å². The first-order valence-corrected chi connectivity index (χ1v) is 3.67. The standard InChI is InChI=1S/C9H13NO/c1-9(2,3)11-8-4-6-10-7-5-8/h4-7H,1-3H3. The van der Waals surface area contributed by atoms with Crippen molar-refractivity contribution >= 4 is 0 Å². The Balaban J connectivity index is 2.66. The third-order valence-corrected chi connectivity index (χ3v) is 1.07. The van der Waals surface area contributed by atoms with Gasteiger partial charge in [-0.15, -0.1) is 0 Å². The van der Waals surface area contributed by atoms with Gasteiger partial charge in [0, 0.05) is 12.4 Å². The molecule has 0 bridgehead atoms. The smallest absolute Gasteiger partial charge is 0.123 e. The number of ether oxygens (including phenoxy) is 1. The monoisotopic (exact) mass is 151 g/mol. The second kappa shape index (κ2) is 2.91. The summed E-state index contributed by atoms with van der Waals surface area (Å²) in [4.78, 5) is 3.90. The van der Waals surface area contributed by atoms with Gasteiger partial charge in [-0.25, -0.2) is 0 Å². The van der Waals surface area contributed by atoms with E-state index in [1.54, 1.807) is 12.4 Å². The number of pyridine rings is 1. The maximum atomic E-state index is 5.56. The summed E-state index contributed by atoms with van der Waals surface area (Å²) in [6.45, 7) is 6.06. The van der Waals surface area contributed by atoms with Crippen molar-refractivity contribution in [3.05, 3.63) is 24.5 Å². The predicted octanol–water partition coefficient (Wildman–Crippen LogP) is 2.26. The Kier molecular flexibility index (Phi) is 2.13. The lowest BCUT2D eigenvalue weighted by molar-refractivity contribution is 0.131. The summed E-state index contributed by atoms with van der Waals surface area (Å²) in [7, 11) is 0. The molecule has 2 nitrogen and oxygen atoms in total. The summed E-state index contributed by atoms with van der Waals surface area (Å²) in [5.41, 5.74) is -0.124. The molecule has 2 heteroatoms. The van der Waals surface area contributed by atoms with Gasteiger partial charge in [-0.3, -0.25) is 4.98 Å². The molecule has 1 heterocycles. The Bertz CT molecular complexity index is 213. The molecule has 0 atom stereocenters. The zero-order valence-electron chi connectivity index (χ0n) is 7.16. The maximum absolute atomic E-state index is 5.56. The Morgan fingerprint density at radius 3 is 2.18 bits per heavy atom. The van der Waals surface area contributed by atoms with E-state index in [9.17, 15) is 0 Å². The van der Waals surface area contributed by atoms with E-state index in [0.717, 1.165) is 5.75 Å². The maximum Gasteiger partial charge on any atom is 0.123 e. The van der Waals surface area contributed by atoms with Gasteiger partial charge in [0.25, 0.3) is 0 Å². The van der Waals surface area contributed by atoms with Gasteiger partial charge in [-0.2, -0.15) is 0 Å². The highest BCUT2D eigenvalue weighted by atomic mass is 16.5. The molecule has 0 N–H and O–H groups in total. The van der Waals surface area contributed by atoms with Gasteiger partial charge in [0.2, 0.25) is 0 Å². The zero-order chi connectivity index (χ0) is 8.32. The lowest BCUT2D eigenvalue weighted by Gasteiger charge is -2.20. The van der Waals surface area contributed by atoms with Crippen LogP contribution in [-0.4, -0.2) is 10.6 Å². The topological polar surface area (TPSA) is 22.1 Å². The van der Waals surface area contributed by atoms with Gasteiger partial charge < -0.3 is 4.74 Å². The molecular weight excluding hydrogens is 138 g/mol. The average Bonchev–Trinajstić information content (AvgIpc) is 1.85.